The van der Waals surface area contributed by atoms with E-state index in [0.717, 1.165) is 30.1 Å². The molecule has 126 valence electrons. The molecule has 6 nitrogen and oxygen atoms in total. The second-order valence-electron chi connectivity index (χ2n) is 5.95. The number of aromatic nitrogens is 5. The first-order valence-corrected chi connectivity index (χ1v) is 8.44. The lowest BCUT2D eigenvalue weighted by Gasteiger charge is -2.21. The summed E-state index contributed by atoms with van der Waals surface area (Å²) in [4.78, 5) is 8.77. The van der Waals surface area contributed by atoms with Gasteiger partial charge in [-0.15, -0.1) is 0 Å². The third-order valence-electron chi connectivity index (χ3n) is 4.25. The summed E-state index contributed by atoms with van der Waals surface area (Å²) in [5, 5.41) is 8.06. The minimum atomic E-state index is 0.0925. The quantitative estimate of drug-likeness (QED) is 0.588. The lowest BCUT2D eigenvalue weighted by Crippen LogP contribution is -2.19. The van der Waals surface area contributed by atoms with Crippen molar-refractivity contribution >= 4 is 11.5 Å². The van der Waals surface area contributed by atoms with Gasteiger partial charge in [-0.3, -0.25) is 0 Å². The third kappa shape index (κ3) is 3.24. The fourth-order valence-electron chi connectivity index (χ4n) is 2.95. The third-order valence-corrected chi connectivity index (χ3v) is 4.25. The van der Waals surface area contributed by atoms with Crippen LogP contribution >= 0.6 is 0 Å². The highest BCUT2D eigenvalue weighted by molar-refractivity contribution is 5.50. The van der Waals surface area contributed by atoms with Crippen LogP contribution in [0.3, 0.4) is 0 Å². The maximum absolute atomic E-state index is 4.62. The van der Waals surface area contributed by atoms with E-state index in [1.807, 2.05) is 29.2 Å². The van der Waals surface area contributed by atoms with Crippen molar-refractivity contribution in [3.8, 4) is 0 Å². The van der Waals surface area contributed by atoms with Crippen molar-refractivity contribution in [2.75, 3.05) is 5.32 Å². The van der Waals surface area contributed by atoms with E-state index in [1.165, 1.54) is 5.56 Å². The molecule has 3 aromatic heterocycles. The van der Waals surface area contributed by atoms with Crippen LogP contribution in [0.25, 0.3) is 5.65 Å². The van der Waals surface area contributed by atoms with Gasteiger partial charge in [-0.1, -0.05) is 37.3 Å². The average molecular weight is 332 g/mol. The van der Waals surface area contributed by atoms with Gasteiger partial charge in [-0.05, 0) is 12.0 Å². The van der Waals surface area contributed by atoms with Crippen LogP contribution in [-0.4, -0.2) is 24.1 Å². The van der Waals surface area contributed by atoms with Crippen molar-refractivity contribution in [1.29, 1.82) is 0 Å². The zero-order chi connectivity index (χ0) is 17.1. The molecule has 4 aromatic rings. The molecular formula is C19H20N6. The van der Waals surface area contributed by atoms with E-state index in [0.29, 0.717) is 0 Å². The van der Waals surface area contributed by atoms with Gasteiger partial charge in [0.15, 0.2) is 5.65 Å². The summed E-state index contributed by atoms with van der Waals surface area (Å²) in [6.45, 7) is 2.88. The molecule has 0 aliphatic rings. The summed E-state index contributed by atoms with van der Waals surface area (Å²) in [6, 6.07) is 14.5. The second kappa shape index (κ2) is 6.76. The van der Waals surface area contributed by atoms with E-state index >= 15 is 0 Å². The molecule has 0 aliphatic carbocycles. The molecule has 1 atom stereocenters. The highest BCUT2D eigenvalue weighted by atomic mass is 15.3. The standard InChI is InChI=1S/C19H20N6/c1-2-16-12-19(25-18(22-16)8-9-21-25)23-17(13-24-11-10-20-14-24)15-6-4-3-5-7-15/h3-12,14,17,23H,2,13H2,1H3/t17-/m0/s1. The molecule has 0 aliphatic heterocycles. The van der Waals surface area contributed by atoms with Crippen molar-refractivity contribution < 1.29 is 0 Å². The summed E-state index contributed by atoms with van der Waals surface area (Å²) in [5.41, 5.74) is 3.12. The highest BCUT2D eigenvalue weighted by Crippen LogP contribution is 2.22. The minimum Gasteiger partial charge on any atom is -0.361 e. The maximum atomic E-state index is 4.62. The minimum absolute atomic E-state index is 0.0925. The molecule has 0 unspecified atom stereocenters. The van der Waals surface area contributed by atoms with Gasteiger partial charge in [0.25, 0.3) is 0 Å². The Morgan fingerprint density at radius 2 is 2.00 bits per heavy atom. The van der Waals surface area contributed by atoms with Gasteiger partial charge in [0.2, 0.25) is 0 Å². The molecular weight excluding hydrogens is 312 g/mol. The first kappa shape index (κ1) is 15.4. The molecule has 0 radical (unpaired) electrons. The van der Waals surface area contributed by atoms with Gasteiger partial charge < -0.3 is 9.88 Å². The van der Waals surface area contributed by atoms with Gasteiger partial charge in [-0.2, -0.15) is 9.61 Å². The number of hydrogen-bond donors (Lipinski definition) is 1. The van der Waals surface area contributed by atoms with Crippen LogP contribution in [0.2, 0.25) is 0 Å². The summed E-state index contributed by atoms with van der Waals surface area (Å²) in [5.74, 6) is 0.945. The molecule has 0 saturated carbocycles. The number of benzene rings is 1. The monoisotopic (exact) mass is 332 g/mol. The smallest absolute Gasteiger partial charge is 0.157 e. The molecule has 25 heavy (non-hydrogen) atoms. The zero-order valence-corrected chi connectivity index (χ0v) is 14.1. The second-order valence-corrected chi connectivity index (χ2v) is 5.95. The summed E-state index contributed by atoms with van der Waals surface area (Å²) in [7, 11) is 0. The normalized spacial score (nSPS) is 12.4. The number of nitrogens with one attached hydrogen (secondary N) is 1. The molecule has 4 rings (SSSR count). The molecule has 1 N–H and O–H groups in total. The van der Waals surface area contributed by atoms with E-state index in [9.17, 15) is 0 Å². The van der Waals surface area contributed by atoms with Gasteiger partial charge >= 0.3 is 0 Å². The van der Waals surface area contributed by atoms with Crippen molar-refractivity contribution in [3.05, 3.63) is 78.6 Å². The molecule has 6 heteroatoms. The Bertz CT molecular complexity index is 943. The Hall–Kier alpha value is -3.15. The van der Waals surface area contributed by atoms with Crippen LogP contribution in [0.4, 0.5) is 5.82 Å². The van der Waals surface area contributed by atoms with Crippen LogP contribution in [0.15, 0.2) is 67.4 Å². The maximum Gasteiger partial charge on any atom is 0.157 e. The van der Waals surface area contributed by atoms with E-state index < -0.39 is 0 Å². The topological polar surface area (TPSA) is 60.0 Å². The number of anilines is 1. The zero-order valence-electron chi connectivity index (χ0n) is 14.1. The molecule has 0 fully saturated rings. The summed E-state index contributed by atoms with van der Waals surface area (Å²) >= 11 is 0. The lowest BCUT2D eigenvalue weighted by molar-refractivity contribution is 0.603. The number of rotatable bonds is 6. The fraction of sp³-hybridized carbons (Fsp3) is 0.211. The van der Waals surface area contributed by atoms with Crippen LogP contribution in [0, 0.1) is 0 Å². The summed E-state index contributed by atoms with van der Waals surface area (Å²) in [6.07, 6.45) is 8.28. The Balaban J connectivity index is 1.72. The number of imidazole rings is 1. The first-order chi connectivity index (χ1) is 12.3. The number of aryl methyl sites for hydroxylation is 1. The Morgan fingerprint density at radius 3 is 2.76 bits per heavy atom. The predicted octanol–water partition coefficient (Wildman–Crippen LogP) is 3.34. The SMILES string of the molecule is CCc1cc(N[C@@H](Cn2ccnc2)c2ccccc2)n2nccc2n1. The van der Waals surface area contributed by atoms with Crippen molar-refractivity contribution in [2.24, 2.45) is 0 Å². The van der Waals surface area contributed by atoms with Crippen LogP contribution in [0.1, 0.15) is 24.2 Å². The van der Waals surface area contributed by atoms with E-state index in [4.69, 9.17) is 0 Å². The molecule has 0 spiro atoms. The largest absolute Gasteiger partial charge is 0.361 e. The Labute approximate surface area is 146 Å². The van der Waals surface area contributed by atoms with E-state index in [-0.39, 0.29) is 6.04 Å². The van der Waals surface area contributed by atoms with Gasteiger partial charge in [-0.25, -0.2) is 9.97 Å². The molecule has 0 saturated heterocycles. The molecule has 0 amide bonds. The van der Waals surface area contributed by atoms with E-state index in [2.05, 4.69) is 62.2 Å². The Morgan fingerprint density at radius 1 is 1.12 bits per heavy atom. The van der Waals surface area contributed by atoms with Crippen LogP contribution < -0.4 is 5.32 Å². The predicted molar refractivity (Wildman–Crippen MR) is 97.4 cm³/mol. The molecule has 0 bridgehead atoms. The van der Waals surface area contributed by atoms with Gasteiger partial charge in [0.1, 0.15) is 5.82 Å². The molecule has 1 aromatic carbocycles. The fourth-order valence-corrected chi connectivity index (χ4v) is 2.95. The average Bonchev–Trinajstić information content (AvgIpc) is 3.33. The van der Waals surface area contributed by atoms with E-state index in [1.54, 1.807) is 12.4 Å². The highest BCUT2D eigenvalue weighted by Gasteiger charge is 2.15. The summed E-state index contributed by atoms with van der Waals surface area (Å²) < 4.78 is 3.93. The van der Waals surface area contributed by atoms with Crippen molar-refractivity contribution in [2.45, 2.75) is 25.9 Å². The van der Waals surface area contributed by atoms with Crippen molar-refractivity contribution in [3.63, 3.8) is 0 Å². The number of hydrogen-bond acceptors (Lipinski definition) is 4. The van der Waals surface area contributed by atoms with Gasteiger partial charge in [0.05, 0.1) is 18.6 Å². The molecule has 3 heterocycles. The Kier molecular flexibility index (Phi) is 4.16. The number of fused-ring (bicyclic) bond motifs is 1. The van der Waals surface area contributed by atoms with Crippen LogP contribution in [-0.2, 0) is 13.0 Å². The first-order valence-electron chi connectivity index (χ1n) is 8.44. The number of nitrogens with zero attached hydrogens (tertiary/aromatic N) is 5. The van der Waals surface area contributed by atoms with Gasteiger partial charge in [0, 0.05) is 36.8 Å². The van der Waals surface area contributed by atoms with Crippen LogP contribution in [0.5, 0.6) is 0 Å². The lowest BCUT2D eigenvalue weighted by atomic mass is 10.1. The van der Waals surface area contributed by atoms with Crippen molar-refractivity contribution in [1.82, 2.24) is 24.1 Å².